The predicted molar refractivity (Wildman–Crippen MR) is 119 cm³/mol. The Bertz CT molecular complexity index is 907. The second kappa shape index (κ2) is 9.21. The Hall–Kier alpha value is -2.34. The number of piperidine rings is 1. The molecule has 2 atom stereocenters. The fraction of sp³-hybridized carbons (Fsp3) is 0.417. The van der Waals surface area contributed by atoms with E-state index in [1.54, 1.807) is 7.11 Å². The molecule has 1 saturated heterocycles. The standard InChI is InChI=1S/C24H27BrN2O3/c1-30-22-5-3-2-4-17(22)14-23(28)27-12-10-19(11-13-27)26-24(29)21-15-20(21)16-6-8-18(25)9-7-16/h2-9,19-21H,10-15H2,1H3,(H,26,29). The number of ether oxygens (including phenoxy) is 1. The van der Waals surface area contributed by atoms with Crippen LogP contribution < -0.4 is 10.1 Å². The molecule has 2 aromatic rings. The van der Waals surface area contributed by atoms with E-state index in [1.165, 1.54) is 5.56 Å². The van der Waals surface area contributed by atoms with Crippen LogP contribution in [0.25, 0.3) is 0 Å². The highest BCUT2D eigenvalue weighted by Crippen LogP contribution is 2.47. The zero-order valence-corrected chi connectivity index (χ0v) is 18.7. The van der Waals surface area contributed by atoms with Crippen LogP contribution in [0.15, 0.2) is 53.0 Å². The van der Waals surface area contributed by atoms with E-state index in [-0.39, 0.29) is 23.8 Å². The van der Waals surface area contributed by atoms with Gasteiger partial charge in [-0.25, -0.2) is 0 Å². The van der Waals surface area contributed by atoms with Crippen molar-refractivity contribution in [1.29, 1.82) is 0 Å². The first-order valence-corrected chi connectivity index (χ1v) is 11.3. The zero-order valence-electron chi connectivity index (χ0n) is 17.1. The monoisotopic (exact) mass is 470 g/mol. The maximum Gasteiger partial charge on any atom is 0.227 e. The lowest BCUT2D eigenvalue weighted by molar-refractivity contribution is -0.131. The van der Waals surface area contributed by atoms with Gasteiger partial charge in [-0.1, -0.05) is 46.3 Å². The van der Waals surface area contributed by atoms with E-state index < -0.39 is 0 Å². The van der Waals surface area contributed by atoms with Crippen LogP contribution in [-0.2, 0) is 16.0 Å². The Labute approximate surface area is 185 Å². The van der Waals surface area contributed by atoms with E-state index in [2.05, 4.69) is 33.4 Å². The van der Waals surface area contributed by atoms with Gasteiger partial charge in [-0.15, -0.1) is 0 Å². The average molecular weight is 471 g/mol. The molecule has 1 heterocycles. The van der Waals surface area contributed by atoms with Crippen LogP contribution in [0.2, 0.25) is 0 Å². The molecule has 5 nitrogen and oxygen atoms in total. The van der Waals surface area contributed by atoms with Crippen molar-refractivity contribution in [2.75, 3.05) is 20.2 Å². The van der Waals surface area contributed by atoms with Crippen molar-refractivity contribution in [3.05, 3.63) is 64.1 Å². The number of rotatable bonds is 6. The molecule has 2 unspecified atom stereocenters. The summed E-state index contributed by atoms with van der Waals surface area (Å²) in [5, 5.41) is 3.21. The van der Waals surface area contributed by atoms with Crippen LogP contribution in [0.5, 0.6) is 5.75 Å². The third kappa shape index (κ3) is 4.86. The maximum atomic E-state index is 12.7. The fourth-order valence-corrected chi connectivity index (χ4v) is 4.53. The van der Waals surface area contributed by atoms with Crippen LogP contribution in [0.4, 0.5) is 0 Å². The highest BCUT2D eigenvalue weighted by Gasteiger charge is 2.44. The Balaban J connectivity index is 1.23. The summed E-state index contributed by atoms with van der Waals surface area (Å²) in [5.41, 5.74) is 2.14. The van der Waals surface area contributed by atoms with Crippen LogP contribution in [0.1, 0.15) is 36.3 Å². The topological polar surface area (TPSA) is 58.6 Å². The van der Waals surface area contributed by atoms with Gasteiger partial charge in [0.05, 0.1) is 13.5 Å². The zero-order chi connectivity index (χ0) is 21.1. The summed E-state index contributed by atoms with van der Waals surface area (Å²) in [6.07, 6.45) is 2.87. The van der Waals surface area contributed by atoms with Gasteiger partial charge in [0.15, 0.2) is 0 Å². The lowest BCUT2D eigenvalue weighted by Gasteiger charge is -2.32. The van der Waals surface area contributed by atoms with Gasteiger partial charge in [-0.3, -0.25) is 9.59 Å². The highest BCUT2D eigenvalue weighted by molar-refractivity contribution is 9.10. The van der Waals surface area contributed by atoms with E-state index in [0.29, 0.717) is 25.4 Å². The van der Waals surface area contributed by atoms with Crippen molar-refractivity contribution < 1.29 is 14.3 Å². The molecule has 2 aliphatic rings. The van der Waals surface area contributed by atoms with Gasteiger partial charge in [-0.2, -0.15) is 0 Å². The molecule has 30 heavy (non-hydrogen) atoms. The summed E-state index contributed by atoms with van der Waals surface area (Å²) in [6, 6.07) is 16.0. The van der Waals surface area contributed by atoms with Gasteiger partial charge in [-0.05, 0) is 48.9 Å². The lowest BCUT2D eigenvalue weighted by atomic mass is 10.0. The third-order valence-electron chi connectivity index (χ3n) is 6.15. The molecule has 158 valence electrons. The Morgan fingerprint density at radius 1 is 1.10 bits per heavy atom. The van der Waals surface area contributed by atoms with Gasteiger partial charge < -0.3 is 15.0 Å². The number of methoxy groups -OCH3 is 1. The van der Waals surface area contributed by atoms with Gasteiger partial charge in [0.25, 0.3) is 0 Å². The first-order valence-electron chi connectivity index (χ1n) is 10.5. The summed E-state index contributed by atoms with van der Waals surface area (Å²) < 4.78 is 6.40. The number of para-hydroxylation sites is 1. The molecule has 0 spiro atoms. The molecule has 6 heteroatoms. The molecule has 1 N–H and O–H groups in total. The van der Waals surface area contributed by atoms with Crippen molar-refractivity contribution >= 4 is 27.7 Å². The maximum absolute atomic E-state index is 12.7. The number of hydrogen-bond acceptors (Lipinski definition) is 3. The number of benzene rings is 2. The van der Waals surface area contributed by atoms with E-state index in [0.717, 1.165) is 35.0 Å². The minimum atomic E-state index is 0.0800. The molecule has 2 amide bonds. The largest absolute Gasteiger partial charge is 0.496 e. The second-order valence-electron chi connectivity index (χ2n) is 8.15. The second-order valence-corrected chi connectivity index (χ2v) is 9.07. The van der Waals surface area contributed by atoms with Crippen molar-refractivity contribution in [2.24, 2.45) is 5.92 Å². The van der Waals surface area contributed by atoms with Gasteiger partial charge in [0.2, 0.25) is 11.8 Å². The van der Waals surface area contributed by atoms with Crippen molar-refractivity contribution in [3.63, 3.8) is 0 Å². The van der Waals surface area contributed by atoms with Gasteiger partial charge in [0.1, 0.15) is 5.75 Å². The molecule has 1 aliphatic carbocycles. The number of amides is 2. The fourth-order valence-electron chi connectivity index (χ4n) is 4.27. The van der Waals surface area contributed by atoms with Crippen LogP contribution >= 0.6 is 15.9 Å². The minimum Gasteiger partial charge on any atom is -0.496 e. The quantitative estimate of drug-likeness (QED) is 0.695. The van der Waals surface area contributed by atoms with Crippen molar-refractivity contribution in [1.82, 2.24) is 10.2 Å². The van der Waals surface area contributed by atoms with E-state index in [9.17, 15) is 9.59 Å². The summed E-state index contributed by atoms with van der Waals surface area (Å²) >= 11 is 3.45. The molecule has 4 rings (SSSR count). The first kappa shape index (κ1) is 20.9. The molecular weight excluding hydrogens is 444 g/mol. The number of nitrogens with one attached hydrogen (secondary N) is 1. The van der Waals surface area contributed by atoms with Crippen LogP contribution in [0.3, 0.4) is 0 Å². The van der Waals surface area contributed by atoms with Crippen LogP contribution in [-0.4, -0.2) is 43.0 Å². The summed E-state index contributed by atoms with van der Waals surface area (Å²) in [6.45, 7) is 1.36. The smallest absolute Gasteiger partial charge is 0.227 e. The van der Waals surface area contributed by atoms with Gasteiger partial charge in [0, 0.05) is 35.1 Å². The van der Waals surface area contributed by atoms with E-state index in [1.807, 2.05) is 41.3 Å². The lowest BCUT2D eigenvalue weighted by Crippen LogP contribution is -2.47. The summed E-state index contributed by atoms with van der Waals surface area (Å²) in [4.78, 5) is 27.2. The number of likely N-dealkylation sites (tertiary alicyclic amines) is 1. The normalized spacial score (nSPS) is 21.2. The number of carbonyl (C=O) groups excluding carboxylic acids is 2. The van der Waals surface area contributed by atoms with Gasteiger partial charge >= 0.3 is 0 Å². The number of hydrogen-bond donors (Lipinski definition) is 1. The third-order valence-corrected chi connectivity index (χ3v) is 6.68. The van der Waals surface area contributed by atoms with E-state index >= 15 is 0 Å². The molecular formula is C24H27BrN2O3. The summed E-state index contributed by atoms with van der Waals surface area (Å²) in [7, 11) is 1.62. The number of nitrogens with zero attached hydrogens (tertiary/aromatic N) is 1. The first-order chi connectivity index (χ1) is 14.5. The molecule has 0 bridgehead atoms. The highest BCUT2D eigenvalue weighted by atomic mass is 79.9. The number of carbonyl (C=O) groups is 2. The van der Waals surface area contributed by atoms with Crippen LogP contribution in [0, 0.1) is 5.92 Å². The van der Waals surface area contributed by atoms with E-state index in [4.69, 9.17) is 4.74 Å². The molecule has 0 radical (unpaired) electrons. The number of halogens is 1. The Morgan fingerprint density at radius 3 is 2.50 bits per heavy atom. The van der Waals surface area contributed by atoms with Crippen molar-refractivity contribution in [3.8, 4) is 5.75 Å². The summed E-state index contributed by atoms with van der Waals surface area (Å²) in [5.74, 6) is 1.43. The Kier molecular flexibility index (Phi) is 6.42. The molecule has 0 aromatic heterocycles. The SMILES string of the molecule is COc1ccccc1CC(=O)N1CCC(NC(=O)C2CC2c2ccc(Br)cc2)CC1. The average Bonchev–Trinajstić information content (AvgIpc) is 3.56. The molecule has 1 saturated carbocycles. The molecule has 2 fully saturated rings. The Morgan fingerprint density at radius 2 is 1.80 bits per heavy atom. The molecule has 1 aliphatic heterocycles. The predicted octanol–water partition coefficient (Wildman–Crippen LogP) is 3.91. The minimum absolute atomic E-state index is 0.0800. The molecule has 2 aromatic carbocycles. The van der Waals surface area contributed by atoms with Crippen molar-refractivity contribution in [2.45, 2.75) is 37.6 Å².